The molecule has 2 rings (SSSR count). The van der Waals surface area contributed by atoms with Crippen LogP contribution >= 0.6 is 0 Å². The molecule has 0 radical (unpaired) electrons. The summed E-state index contributed by atoms with van der Waals surface area (Å²) in [5.74, 6) is -2.94. The van der Waals surface area contributed by atoms with E-state index in [2.05, 4.69) is 4.74 Å². The molecule has 4 heteroatoms. The number of aryl methyl sites for hydroxylation is 1. The molecule has 4 nitrogen and oxygen atoms in total. The van der Waals surface area contributed by atoms with Crippen LogP contribution in [0.25, 0.3) is 0 Å². The lowest BCUT2D eigenvalue weighted by atomic mass is 9.95. The van der Waals surface area contributed by atoms with Gasteiger partial charge in [-0.05, 0) is 13.0 Å². The van der Waals surface area contributed by atoms with Gasteiger partial charge in [-0.15, -0.1) is 0 Å². The van der Waals surface area contributed by atoms with E-state index < -0.39 is 23.5 Å². The smallest absolute Gasteiger partial charge is 0.325 e. The molecule has 82 valence electrons. The van der Waals surface area contributed by atoms with Crippen molar-refractivity contribution in [1.82, 2.24) is 0 Å². The van der Waals surface area contributed by atoms with Crippen LogP contribution in [0, 0.1) is 12.8 Å². The Bertz CT molecular complexity index is 460. The third kappa shape index (κ3) is 1.74. The maximum atomic E-state index is 11.9. The van der Waals surface area contributed by atoms with E-state index in [-0.39, 0.29) is 6.61 Å². The summed E-state index contributed by atoms with van der Waals surface area (Å²) in [5.41, 5.74) is 1.28. The quantitative estimate of drug-likeness (QED) is 0.420. The largest absolute Gasteiger partial charge is 0.457 e. The molecule has 1 aliphatic rings. The van der Waals surface area contributed by atoms with Gasteiger partial charge >= 0.3 is 5.97 Å². The highest BCUT2D eigenvalue weighted by atomic mass is 16.5. The summed E-state index contributed by atoms with van der Waals surface area (Å²) in [7, 11) is 0. The first-order chi connectivity index (χ1) is 7.59. The second-order valence-corrected chi connectivity index (χ2v) is 3.74. The number of ether oxygens (including phenoxy) is 1. The van der Waals surface area contributed by atoms with E-state index >= 15 is 0 Å². The molecule has 1 aromatic carbocycles. The van der Waals surface area contributed by atoms with Gasteiger partial charge in [-0.1, -0.05) is 23.8 Å². The van der Waals surface area contributed by atoms with Gasteiger partial charge in [0.1, 0.15) is 0 Å². The lowest BCUT2D eigenvalue weighted by Gasteiger charge is -2.04. The van der Waals surface area contributed by atoms with Crippen molar-refractivity contribution in [2.75, 3.05) is 6.61 Å². The number of hydrogen-bond donors (Lipinski definition) is 0. The highest BCUT2D eigenvalue weighted by Crippen LogP contribution is 2.17. The summed E-state index contributed by atoms with van der Waals surface area (Å²) >= 11 is 0. The van der Waals surface area contributed by atoms with Crippen LogP contribution in [0.4, 0.5) is 0 Å². The fraction of sp³-hybridized carbons (Fsp3) is 0.250. The third-order valence-corrected chi connectivity index (χ3v) is 2.48. The molecule has 0 spiro atoms. The third-order valence-electron chi connectivity index (χ3n) is 2.48. The van der Waals surface area contributed by atoms with Gasteiger partial charge in [0.2, 0.25) is 0 Å². The van der Waals surface area contributed by atoms with Crippen molar-refractivity contribution in [1.29, 1.82) is 0 Å². The summed E-state index contributed by atoms with van der Waals surface area (Å²) in [6.45, 7) is 1.55. The fourth-order valence-electron chi connectivity index (χ4n) is 1.66. The average Bonchev–Trinajstić information content (AvgIpc) is 2.58. The Hall–Kier alpha value is -1.97. The average molecular weight is 218 g/mol. The van der Waals surface area contributed by atoms with E-state index in [4.69, 9.17) is 0 Å². The maximum absolute atomic E-state index is 11.9. The van der Waals surface area contributed by atoms with Crippen LogP contribution in [0.1, 0.15) is 15.9 Å². The Kier molecular flexibility index (Phi) is 2.56. The van der Waals surface area contributed by atoms with Gasteiger partial charge in [-0.25, -0.2) is 0 Å². The molecule has 1 atom stereocenters. The standard InChI is InChI=1S/C12H10O4/c1-7-3-2-4-8(5-7)11(14)10-9(13)6-16-12(10)15/h2-5,10H,6H2,1H3. The Labute approximate surface area is 92.2 Å². The van der Waals surface area contributed by atoms with E-state index in [1.165, 1.54) is 0 Å². The van der Waals surface area contributed by atoms with Gasteiger partial charge in [-0.2, -0.15) is 0 Å². The van der Waals surface area contributed by atoms with Crippen molar-refractivity contribution in [3.63, 3.8) is 0 Å². The lowest BCUT2D eigenvalue weighted by Crippen LogP contribution is -2.25. The first kappa shape index (κ1) is 10.5. The Balaban J connectivity index is 2.32. The topological polar surface area (TPSA) is 60.4 Å². The minimum absolute atomic E-state index is 0.291. The van der Waals surface area contributed by atoms with Crippen molar-refractivity contribution >= 4 is 17.5 Å². The monoisotopic (exact) mass is 218 g/mol. The molecule has 0 aliphatic carbocycles. The van der Waals surface area contributed by atoms with Crippen LogP contribution in [-0.4, -0.2) is 24.1 Å². The molecule has 0 saturated carbocycles. The van der Waals surface area contributed by atoms with Gasteiger partial charge in [0, 0.05) is 5.56 Å². The number of Topliss-reactive ketones (excluding diaryl/α,β-unsaturated/α-hetero) is 2. The second kappa shape index (κ2) is 3.89. The molecule has 1 saturated heterocycles. The predicted molar refractivity (Wildman–Crippen MR) is 55.0 cm³/mol. The number of ketones is 2. The molecule has 16 heavy (non-hydrogen) atoms. The zero-order chi connectivity index (χ0) is 11.7. The summed E-state index contributed by atoms with van der Waals surface area (Å²) in [6, 6.07) is 6.80. The Morgan fingerprint density at radius 2 is 2.12 bits per heavy atom. The summed E-state index contributed by atoms with van der Waals surface area (Å²) < 4.78 is 4.54. The highest BCUT2D eigenvalue weighted by molar-refractivity contribution is 6.25. The fourth-order valence-corrected chi connectivity index (χ4v) is 1.66. The first-order valence-electron chi connectivity index (χ1n) is 4.90. The number of rotatable bonds is 2. The molecule has 1 aromatic rings. The first-order valence-corrected chi connectivity index (χ1v) is 4.90. The van der Waals surface area contributed by atoms with Crippen LogP contribution in [0.15, 0.2) is 24.3 Å². The molecular formula is C12H10O4. The number of esters is 1. The van der Waals surface area contributed by atoms with E-state index in [0.29, 0.717) is 5.56 Å². The van der Waals surface area contributed by atoms with E-state index in [1.54, 1.807) is 18.2 Å². The number of carbonyl (C=O) groups is 3. The van der Waals surface area contributed by atoms with Crippen LogP contribution in [0.3, 0.4) is 0 Å². The minimum Gasteiger partial charge on any atom is -0.457 e. The predicted octanol–water partition coefficient (Wildman–Crippen LogP) is 0.920. The molecule has 0 amide bonds. The van der Waals surface area contributed by atoms with Crippen molar-refractivity contribution in [2.24, 2.45) is 5.92 Å². The lowest BCUT2D eigenvalue weighted by molar-refractivity contribution is -0.139. The molecule has 1 unspecified atom stereocenters. The summed E-state index contributed by atoms with van der Waals surface area (Å²) in [6.07, 6.45) is 0. The van der Waals surface area contributed by atoms with Gasteiger partial charge < -0.3 is 4.74 Å². The SMILES string of the molecule is Cc1cccc(C(=O)C2C(=O)COC2=O)c1. The van der Waals surface area contributed by atoms with Crippen molar-refractivity contribution in [3.05, 3.63) is 35.4 Å². The molecule has 1 aliphatic heterocycles. The van der Waals surface area contributed by atoms with Crippen LogP contribution in [0.2, 0.25) is 0 Å². The van der Waals surface area contributed by atoms with Crippen LogP contribution in [0.5, 0.6) is 0 Å². The Morgan fingerprint density at radius 1 is 1.38 bits per heavy atom. The molecular weight excluding hydrogens is 208 g/mol. The zero-order valence-corrected chi connectivity index (χ0v) is 8.73. The maximum Gasteiger partial charge on any atom is 0.325 e. The zero-order valence-electron chi connectivity index (χ0n) is 8.73. The molecule has 0 N–H and O–H groups in total. The summed E-state index contributed by atoms with van der Waals surface area (Å²) in [4.78, 5) is 34.4. The van der Waals surface area contributed by atoms with Crippen LogP contribution < -0.4 is 0 Å². The van der Waals surface area contributed by atoms with E-state index in [0.717, 1.165) is 5.56 Å². The molecule has 0 aromatic heterocycles. The number of hydrogen-bond acceptors (Lipinski definition) is 4. The Morgan fingerprint density at radius 3 is 2.69 bits per heavy atom. The summed E-state index contributed by atoms with van der Waals surface area (Å²) in [5, 5.41) is 0. The minimum atomic E-state index is -1.26. The van der Waals surface area contributed by atoms with Gasteiger partial charge in [0.25, 0.3) is 0 Å². The molecule has 1 fully saturated rings. The van der Waals surface area contributed by atoms with Crippen molar-refractivity contribution < 1.29 is 19.1 Å². The number of carbonyl (C=O) groups excluding carboxylic acids is 3. The molecule has 0 bridgehead atoms. The van der Waals surface area contributed by atoms with E-state index in [9.17, 15) is 14.4 Å². The number of cyclic esters (lactones) is 1. The van der Waals surface area contributed by atoms with Gasteiger partial charge in [0.05, 0.1) is 0 Å². The normalized spacial score (nSPS) is 19.7. The van der Waals surface area contributed by atoms with Crippen molar-refractivity contribution in [2.45, 2.75) is 6.92 Å². The van der Waals surface area contributed by atoms with Gasteiger partial charge in [-0.3, -0.25) is 14.4 Å². The number of benzene rings is 1. The highest BCUT2D eigenvalue weighted by Gasteiger charge is 2.41. The van der Waals surface area contributed by atoms with E-state index in [1.807, 2.05) is 13.0 Å². The second-order valence-electron chi connectivity index (χ2n) is 3.74. The molecule has 1 heterocycles. The van der Waals surface area contributed by atoms with Crippen LogP contribution in [-0.2, 0) is 14.3 Å². The van der Waals surface area contributed by atoms with Gasteiger partial charge in [0.15, 0.2) is 24.1 Å². The van der Waals surface area contributed by atoms with Crippen molar-refractivity contribution in [3.8, 4) is 0 Å².